The topological polar surface area (TPSA) is 197 Å². The quantitative estimate of drug-likeness (QED) is 0.146. The largest absolute Gasteiger partial charge is 0.480 e. The van der Waals surface area contributed by atoms with Crippen molar-refractivity contribution in [2.45, 2.75) is 70.1 Å². The smallest absolute Gasteiger partial charge is 0.328 e. The lowest BCUT2D eigenvalue weighted by Gasteiger charge is -2.25. The zero-order chi connectivity index (χ0) is 26.4. The number of carboxylic acids is 1. The molecule has 11 nitrogen and oxygen atoms in total. The number of nitrogens with two attached hydrogens (primary N) is 2. The van der Waals surface area contributed by atoms with Crippen LogP contribution in [0.4, 0.5) is 0 Å². The second-order valence-corrected chi connectivity index (χ2v) is 8.91. The molecule has 0 heterocycles. The van der Waals surface area contributed by atoms with Crippen molar-refractivity contribution in [2.24, 2.45) is 17.4 Å². The third-order valence-corrected chi connectivity index (χ3v) is 5.35. The van der Waals surface area contributed by atoms with E-state index in [1.807, 2.05) is 13.8 Å². The highest BCUT2D eigenvalue weighted by Crippen LogP contribution is 2.08. The summed E-state index contributed by atoms with van der Waals surface area (Å²) >= 11 is 0. The van der Waals surface area contributed by atoms with Gasteiger partial charge in [0, 0.05) is 6.42 Å². The van der Waals surface area contributed by atoms with Gasteiger partial charge in [-0.05, 0) is 43.7 Å². The van der Waals surface area contributed by atoms with Crippen LogP contribution in [0.1, 0.15) is 45.1 Å². The summed E-state index contributed by atoms with van der Waals surface area (Å²) in [6.07, 6.45) is 2.02. The molecule has 0 aliphatic heterocycles. The van der Waals surface area contributed by atoms with Gasteiger partial charge in [-0.15, -0.1) is 0 Å². The number of carbonyl (C=O) groups is 4. The fourth-order valence-electron chi connectivity index (χ4n) is 3.44. The van der Waals surface area contributed by atoms with E-state index in [2.05, 4.69) is 16.0 Å². The van der Waals surface area contributed by atoms with Gasteiger partial charge in [0.2, 0.25) is 17.7 Å². The van der Waals surface area contributed by atoms with Gasteiger partial charge < -0.3 is 37.6 Å². The normalized spacial score (nSPS) is 14.5. The van der Waals surface area contributed by atoms with E-state index in [0.717, 1.165) is 5.56 Å². The van der Waals surface area contributed by atoms with Gasteiger partial charge in [0.15, 0.2) is 0 Å². The van der Waals surface area contributed by atoms with E-state index in [9.17, 15) is 24.3 Å². The third-order valence-electron chi connectivity index (χ3n) is 5.35. The van der Waals surface area contributed by atoms with Crippen LogP contribution in [0, 0.1) is 5.92 Å². The van der Waals surface area contributed by atoms with Gasteiger partial charge in [-0.1, -0.05) is 44.2 Å². The summed E-state index contributed by atoms with van der Waals surface area (Å²) in [4.78, 5) is 49.9. The van der Waals surface area contributed by atoms with Gasteiger partial charge in [0.1, 0.15) is 18.1 Å². The summed E-state index contributed by atoms with van der Waals surface area (Å²) in [6, 6.07) is 4.46. The van der Waals surface area contributed by atoms with E-state index in [1.165, 1.54) is 0 Å². The van der Waals surface area contributed by atoms with Crippen LogP contribution < -0.4 is 27.4 Å². The van der Waals surface area contributed by atoms with Crippen LogP contribution in [-0.2, 0) is 25.6 Å². The fourth-order valence-corrected chi connectivity index (χ4v) is 3.44. The zero-order valence-corrected chi connectivity index (χ0v) is 20.4. The molecule has 0 aliphatic carbocycles. The number of amides is 3. The molecular formula is C24H39N5O6. The van der Waals surface area contributed by atoms with Crippen LogP contribution in [0.2, 0.25) is 0 Å². The lowest BCUT2D eigenvalue weighted by molar-refractivity contribution is -0.143. The molecule has 0 bridgehead atoms. The summed E-state index contributed by atoms with van der Waals surface area (Å²) in [7, 11) is 0. The van der Waals surface area contributed by atoms with Gasteiger partial charge >= 0.3 is 5.97 Å². The van der Waals surface area contributed by atoms with Crippen molar-refractivity contribution in [3.05, 3.63) is 35.9 Å². The SMILES string of the molecule is CC(C)CC(N)C(=O)NC(CCCCN)C(=O)NC(Cc1ccccc1)C(=O)NC(CO)C(=O)O. The lowest BCUT2D eigenvalue weighted by atomic mass is 10.0. The van der Waals surface area contributed by atoms with Gasteiger partial charge in [0.25, 0.3) is 0 Å². The van der Waals surface area contributed by atoms with E-state index in [0.29, 0.717) is 25.8 Å². The van der Waals surface area contributed by atoms with Crippen molar-refractivity contribution >= 4 is 23.7 Å². The Hall–Kier alpha value is -3.02. The highest BCUT2D eigenvalue weighted by molar-refractivity contribution is 5.94. The first kappa shape index (κ1) is 30.0. The molecule has 0 radical (unpaired) electrons. The molecule has 35 heavy (non-hydrogen) atoms. The summed E-state index contributed by atoms with van der Waals surface area (Å²) in [5, 5.41) is 26.0. The summed E-state index contributed by atoms with van der Waals surface area (Å²) in [5.74, 6) is -3.06. The molecule has 0 spiro atoms. The maximum Gasteiger partial charge on any atom is 0.328 e. The average Bonchev–Trinajstić information content (AvgIpc) is 2.81. The molecular weight excluding hydrogens is 454 g/mol. The number of nitrogens with one attached hydrogen (secondary N) is 3. The van der Waals surface area contributed by atoms with Crippen LogP contribution in [0.25, 0.3) is 0 Å². The molecule has 4 unspecified atom stereocenters. The number of aliphatic hydroxyl groups is 1. The van der Waals surface area contributed by atoms with Gasteiger partial charge in [0.05, 0.1) is 12.6 Å². The lowest BCUT2D eigenvalue weighted by Crippen LogP contribution is -2.58. The van der Waals surface area contributed by atoms with Crippen molar-refractivity contribution in [3.8, 4) is 0 Å². The van der Waals surface area contributed by atoms with Crippen LogP contribution >= 0.6 is 0 Å². The van der Waals surface area contributed by atoms with E-state index in [1.54, 1.807) is 30.3 Å². The molecule has 0 fully saturated rings. The maximum atomic E-state index is 13.2. The number of hydrogen-bond acceptors (Lipinski definition) is 7. The Balaban J connectivity index is 3.06. The van der Waals surface area contributed by atoms with Crippen LogP contribution in [0.5, 0.6) is 0 Å². The highest BCUT2D eigenvalue weighted by Gasteiger charge is 2.30. The minimum Gasteiger partial charge on any atom is -0.480 e. The molecule has 0 aliphatic rings. The Bertz CT molecular complexity index is 820. The monoisotopic (exact) mass is 493 g/mol. The van der Waals surface area contributed by atoms with Crippen LogP contribution in [-0.4, -0.2) is 71.2 Å². The number of aliphatic carboxylic acids is 1. The highest BCUT2D eigenvalue weighted by atomic mass is 16.4. The maximum absolute atomic E-state index is 13.2. The van der Waals surface area contributed by atoms with Crippen molar-refractivity contribution in [1.29, 1.82) is 0 Å². The van der Waals surface area contributed by atoms with E-state index < -0.39 is 54.5 Å². The van der Waals surface area contributed by atoms with Crippen molar-refractivity contribution in [2.75, 3.05) is 13.2 Å². The molecule has 1 rings (SSSR count). The minimum atomic E-state index is -1.52. The molecule has 4 atom stereocenters. The second-order valence-electron chi connectivity index (χ2n) is 8.91. The Kier molecular flexibility index (Phi) is 13.5. The van der Waals surface area contributed by atoms with Crippen molar-refractivity contribution < 1.29 is 29.4 Å². The molecule has 1 aromatic rings. The number of hydrogen-bond donors (Lipinski definition) is 7. The number of aliphatic hydroxyl groups excluding tert-OH is 1. The summed E-state index contributed by atoms with van der Waals surface area (Å²) in [5.41, 5.74) is 12.2. The first-order chi connectivity index (χ1) is 16.6. The minimum absolute atomic E-state index is 0.0759. The van der Waals surface area contributed by atoms with E-state index >= 15 is 0 Å². The molecule has 196 valence electrons. The fraction of sp³-hybridized carbons (Fsp3) is 0.583. The van der Waals surface area contributed by atoms with Gasteiger partial charge in [-0.3, -0.25) is 14.4 Å². The van der Waals surface area contributed by atoms with E-state index in [-0.39, 0.29) is 18.8 Å². The van der Waals surface area contributed by atoms with Gasteiger partial charge in [-0.25, -0.2) is 4.79 Å². The number of carbonyl (C=O) groups excluding carboxylic acids is 3. The first-order valence-corrected chi connectivity index (χ1v) is 11.8. The molecule has 1 aromatic carbocycles. The van der Waals surface area contributed by atoms with Crippen LogP contribution in [0.3, 0.4) is 0 Å². The molecule has 0 aromatic heterocycles. The van der Waals surface area contributed by atoms with Crippen molar-refractivity contribution in [3.63, 3.8) is 0 Å². The standard InChI is InChI=1S/C24H39N5O6/c1-15(2)12-17(26)21(31)27-18(10-6-7-11-25)22(32)28-19(13-16-8-4-3-5-9-16)23(33)29-20(14-30)24(34)35/h3-5,8-9,15,17-20,30H,6-7,10-14,25-26H2,1-2H3,(H,27,31)(H,28,32)(H,29,33)(H,34,35). The predicted molar refractivity (Wildman–Crippen MR) is 131 cm³/mol. The Morgan fingerprint density at radius 2 is 1.46 bits per heavy atom. The Morgan fingerprint density at radius 1 is 0.886 bits per heavy atom. The summed E-state index contributed by atoms with van der Waals surface area (Å²) in [6.45, 7) is 3.48. The summed E-state index contributed by atoms with van der Waals surface area (Å²) < 4.78 is 0. The number of rotatable bonds is 16. The number of benzene rings is 1. The molecule has 0 saturated carbocycles. The molecule has 11 heteroatoms. The molecule has 0 saturated heterocycles. The average molecular weight is 494 g/mol. The van der Waals surface area contributed by atoms with Crippen LogP contribution in [0.15, 0.2) is 30.3 Å². The Morgan fingerprint density at radius 3 is 2.00 bits per heavy atom. The van der Waals surface area contributed by atoms with E-state index in [4.69, 9.17) is 16.6 Å². The zero-order valence-electron chi connectivity index (χ0n) is 20.4. The second kappa shape index (κ2) is 15.8. The first-order valence-electron chi connectivity index (χ1n) is 11.8. The Labute approximate surface area is 206 Å². The number of carboxylic acid groups (broad SMARTS) is 1. The molecule has 3 amide bonds. The van der Waals surface area contributed by atoms with Crippen molar-refractivity contribution in [1.82, 2.24) is 16.0 Å². The van der Waals surface area contributed by atoms with Gasteiger partial charge in [-0.2, -0.15) is 0 Å². The predicted octanol–water partition coefficient (Wildman–Crippen LogP) is -0.737. The molecule has 9 N–H and O–H groups in total. The third kappa shape index (κ3) is 11.3. The number of unbranched alkanes of at least 4 members (excludes halogenated alkanes) is 1.